The summed E-state index contributed by atoms with van der Waals surface area (Å²) in [5.74, 6) is 1.07. The van der Waals surface area contributed by atoms with E-state index in [0.29, 0.717) is 0 Å². The molecule has 1 fully saturated rings. The van der Waals surface area contributed by atoms with E-state index in [1.165, 1.54) is 0 Å². The van der Waals surface area contributed by atoms with Crippen LogP contribution >= 0.6 is 0 Å². The molecule has 0 aliphatic carbocycles. The first kappa shape index (κ1) is 8.24. The second-order valence-electron chi connectivity index (χ2n) is 3.64. The topological polar surface area (TPSA) is 57.2 Å². The van der Waals surface area contributed by atoms with E-state index < -0.39 is 0 Å². The number of nitrogens with zero attached hydrogens (tertiary/aromatic N) is 5. The van der Waals surface area contributed by atoms with Gasteiger partial charge in [-0.15, -0.1) is 0 Å². The van der Waals surface area contributed by atoms with Gasteiger partial charge in [0.15, 0.2) is 5.82 Å². The van der Waals surface area contributed by atoms with Crippen LogP contribution in [0.15, 0.2) is 24.7 Å². The van der Waals surface area contributed by atoms with Crippen LogP contribution in [0.1, 0.15) is 0 Å². The van der Waals surface area contributed by atoms with Crippen LogP contribution in [0.25, 0.3) is 5.52 Å². The van der Waals surface area contributed by atoms with Gasteiger partial charge in [0.25, 0.3) is 0 Å². The van der Waals surface area contributed by atoms with Crippen LogP contribution in [0.2, 0.25) is 0 Å². The lowest BCUT2D eigenvalue weighted by Gasteiger charge is -2.36. The van der Waals surface area contributed by atoms with Crippen molar-refractivity contribution in [2.24, 2.45) is 5.92 Å². The minimum atomic E-state index is 0.148. The highest BCUT2D eigenvalue weighted by atomic mass is 15.3. The summed E-state index contributed by atoms with van der Waals surface area (Å²) in [4.78, 5) is 6.43. The molecule has 3 rings (SSSR count). The predicted octanol–water partition coefficient (Wildman–Crippen LogP) is 0.689. The van der Waals surface area contributed by atoms with Crippen LogP contribution < -0.4 is 4.90 Å². The number of aromatic nitrogens is 3. The van der Waals surface area contributed by atoms with Gasteiger partial charge in [0.1, 0.15) is 5.52 Å². The number of rotatable bonds is 1. The van der Waals surface area contributed by atoms with Crippen molar-refractivity contribution >= 4 is 11.3 Å². The van der Waals surface area contributed by atoms with Gasteiger partial charge in [-0.05, 0) is 6.07 Å². The van der Waals surface area contributed by atoms with Gasteiger partial charge >= 0.3 is 0 Å². The Hall–Kier alpha value is -2.09. The Kier molecular flexibility index (Phi) is 1.62. The Morgan fingerprint density at radius 2 is 2.27 bits per heavy atom. The van der Waals surface area contributed by atoms with Crippen molar-refractivity contribution < 1.29 is 0 Å². The maximum atomic E-state index is 8.71. The normalized spacial score (nSPS) is 16.3. The summed E-state index contributed by atoms with van der Waals surface area (Å²) in [6, 6.07) is 4.18. The third kappa shape index (κ3) is 1.15. The fourth-order valence-corrected chi connectivity index (χ4v) is 1.82. The molecule has 5 nitrogen and oxygen atoms in total. The molecule has 0 spiro atoms. The molecule has 74 valence electrons. The molecule has 0 unspecified atom stereocenters. The lowest BCUT2D eigenvalue weighted by Crippen LogP contribution is -2.46. The third-order valence-electron chi connectivity index (χ3n) is 2.67. The first-order valence-electron chi connectivity index (χ1n) is 4.81. The molecule has 0 aromatic carbocycles. The van der Waals surface area contributed by atoms with E-state index >= 15 is 0 Å². The zero-order valence-electron chi connectivity index (χ0n) is 8.04. The summed E-state index contributed by atoms with van der Waals surface area (Å²) in [5.41, 5.74) is 0.994. The maximum Gasteiger partial charge on any atom is 0.154 e. The molecular weight excluding hydrogens is 190 g/mol. The molecule has 2 aromatic rings. The van der Waals surface area contributed by atoms with Gasteiger partial charge in [-0.25, -0.2) is 9.50 Å². The first-order valence-corrected chi connectivity index (χ1v) is 4.81. The number of hydrogen-bond acceptors (Lipinski definition) is 4. The molecule has 1 aliphatic heterocycles. The second-order valence-corrected chi connectivity index (χ2v) is 3.64. The summed E-state index contributed by atoms with van der Waals surface area (Å²) < 4.78 is 1.79. The number of anilines is 1. The molecular formula is C10H9N5. The molecule has 0 atom stereocenters. The van der Waals surface area contributed by atoms with Crippen LogP contribution in [0.5, 0.6) is 0 Å². The largest absolute Gasteiger partial charge is 0.352 e. The van der Waals surface area contributed by atoms with E-state index in [-0.39, 0.29) is 5.92 Å². The minimum Gasteiger partial charge on any atom is -0.352 e. The average Bonchev–Trinajstić information content (AvgIpc) is 2.64. The van der Waals surface area contributed by atoms with E-state index in [1.807, 2.05) is 12.3 Å². The smallest absolute Gasteiger partial charge is 0.154 e. The Morgan fingerprint density at radius 3 is 3.07 bits per heavy atom. The zero-order chi connectivity index (χ0) is 10.3. The molecule has 3 heterocycles. The fraction of sp³-hybridized carbons (Fsp3) is 0.300. The molecule has 0 saturated carbocycles. The van der Waals surface area contributed by atoms with Gasteiger partial charge in [0.05, 0.1) is 18.2 Å². The quantitative estimate of drug-likeness (QED) is 0.678. The Morgan fingerprint density at radius 1 is 1.40 bits per heavy atom. The molecule has 5 heteroatoms. The summed E-state index contributed by atoms with van der Waals surface area (Å²) >= 11 is 0. The van der Waals surface area contributed by atoms with Gasteiger partial charge < -0.3 is 4.90 Å². The fourth-order valence-electron chi connectivity index (χ4n) is 1.82. The highest BCUT2D eigenvalue weighted by Crippen LogP contribution is 2.25. The number of nitriles is 1. The van der Waals surface area contributed by atoms with Crippen molar-refractivity contribution in [2.45, 2.75) is 0 Å². The average molecular weight is 199 g/mol. The van der Waals surface area contributed by atoms with Gasteiger partial charge in [-0.1, -0.05) is 0 Å². The number of fused-ring (bicyclic) bond motifs is 1. The van der Waals surface area contributed by atoms with E-state index in [4.69, 9.17) is 5.26 Å². The summed E-state index contributed by atoms with van der Waals surface area (Å²) in [6.45, 7) is 1.54. The molecule has 1 aliphatic rings. The Balaban J connectivity index is 1.99. The second kappa shape index (κ2) is 2.95. The van der Waals surface area contributed by atoms with Crippen LogP contribution in [-0.2, 0) is 0 Å². The van der Waals surface area contributed by atoms with Crippen molar-refractivity contribution in [1.82, 2.24) is 14.6 Å². The zero-order valence-corrected chi connectivity index (χ0v) is 8.04. The van der Waals surface area contributed by atoms with Gasteiger partial charge in [-0.3, -0.25) is 0 Å². The third-order valence-corrected chi connectivity index (χ3v) is 2.67. The summed E-state index contributed by atoms with van der Waals surface area (Å²) in [7, 11) is 0. The highest BCUT2D eigenvalue weighted by molar-refractivity contribution is 5.69. The van der Waals surface area contributed by atoms with Gasteiger partial charge in [0, 0.05) is 25.5 Å². The highest BCUT2D eigenvalue weighted by Gasteiger charge is 2.28. The molecule has 1 saturated heterocycles. The molecule has 0 N–H and O–H groups in total. The molecule has 0 amide bonds. The van der Waals surface area contributed by atoms with Crippen molar-refractivity contribution in [3.8, 4) is 6.07 Å². The summed E-state index contributed by atoms with van der Waals surface area (Å²) in [6.07, 6.45) is 5.30. The monoisotopic (exact) mass is 199 g/mol. The van der Waals surface area contributed by atoms with Crippen LogP contribution in [0.4, 0.5) is 5.82 Å². The van der Waals surface area contributed by atoms with E-state index in [2.05, 4.69) is 21.1 Å². The van der Waals surface area contributed by atoms with E-state index in [1.54, 1.807) is 16.9 Å². The predicted molar refractivity (Wildman–Crippen MR) is 54.3 cm³/mol. The molecule has 15 heavy (non-hydrogen) atoms. The maximum absolute atomic E-state index is 8.71. The molecule has 0 radical (unpaired) electrons. The lowest BCUT2D eigenvalue weighted by atomic mass is 10.0. The van der Waals surface area contributed by atoms with Crippen molar-refractivity contribution in [3.05, 3.63) is 24.7 Å². The summed E-state index contributed by atoms with van der Waals surface area (Å²) in [5, 5.41) is 12.9. The molecule has 2 aromatic heterocycles. The minimum absolute atomic E-state index is 0.148. The van der Waals surface area contributed by atoms with E-state index in [0.717, 1.165) is 24.4 Å². The van der Waals surface area contributed by atoms with Crippen LogP contribution in [0.3, 0.4) is 0 Å². The Bertz CT molecular complexity index is 532. The van der Waals surface area contributed by atoms with Crippen molar-refractivity contribution in [1.29, 1.82) is 5.26 Å². The van der Waals surface area contributed by atoms with Gasteiger partial charge in [0.2, 0.25) is 0 Å². The van der Waals surface area contributed by atoms with Gasteiger partial charge in [-0.2, -0.15) is 10.4 Å². The van der Waals surface area contributed by atoms with Crippen molar-refractivity contribution in [3.63, 3.8) is 0 Å². The van der Waals surface area contributed by atoms with Crippen LogP contribution in [-0.4, -0.2) is 27.7 Å². The lowest BCUT2D eigenvalue weighted by molar-refractivity contribution is 0.500. The Labute approximate surface area is 86.6 Å². The SMILES string of the molecule is N#CC1CN(c2nccn3nccc23)C1. The van der Waals surface area contributed by atoms with Crippen molar-refractivity contribution in [2.75, 3.05) is 18.0 Å². The van der Waals surface area contributed by atoms with E-state index in [9.17, 15) is 0 Å². The molecule has 0 bridgehead atoms. The van der Waals surface area contributed by atoms with Crippen LogP contribution in [0, 0.1) is 17.2 Å². The first-order chi connectivity index (χ1) is 7.38. The standard InChI is InChI=1S/C10H9N5/c11-5-8-6-14(7-8)10-9-1-2-13-15(9)4-3-12-10/h1-4,8H,6-7H2. The number of hydrogen-bond donors (Lipinski definition) is 0.